The van der Waals surface area contributed by atoms with Gasteiger partial charge in [0.15, 0.2) is 0 Å². The Labute approximate surface area is 167 Å². The molecule has 1 heterocycles. The van der Waals surface area contributed by atoms with Crippen LogP contribution in [-0.2, 0) is 4.74 Å². The summed E-state index contributed by atoms with van der Waals surface area (Å²) in [5, 5.41) is 0. The quantitative estimate of drug-likeness (QED) is 0.626. The Morgan fingerprint density at radius 3 is 2.30 bits per heavy atom. The van der Waals surface area contributed by atoms with Crippen molar-refractivity contribution in [2.45, 2.75) is 61.8 Å². The molecule has 0 spiro atoms. The zero-order valence-corrected chi connectivity index (χ0v) is 17.5. The lowest BCUT2D eigenvalue weighted by molar-refractivity contribution is 0.0204. The summed E-state index contributed by atoms with van der Waals surface area (Å²) >= 11 is 1.83. The zero-order valence-electron chi connectivity index (χ0n) is 16.7. The lowest BCUT2D eigenvalue weighted by Gasteiger charge is -2.34. The average Bonchev–Trinajstić information content (AvgIpc) is 2.63. The molecule has 3 nitrogen and oxygen atoms in total. The molecule has 1 saturated heterocycles. The van der Waals surface area contributed by atoms with Crippen molar-refractivity contribution in [3.05, 3.63) is 59.7 Å². The van der Waals surface area contributed by atoms with E-state index < -0.39 is 5.60 Å². The van der Waals surface area contributed by atoms with Gasteiger partial charge in [0.1, 0.15) is 5.60 Å². The first-order chi connectivity index (χ1) is 12.8. The third-order valence-electron chi connectivity index (χ3n) is 4.75. The van der Waals surface area contributed by atoms with Gasteiger partial charge in [-0.25, -0.2) is 4.79 Å². The predicted molar refractivity (Wildman–Crippen MR) is 112 cm³/mol. The number of hydrogen-bond acceptors (Lipinski definition) is 3. The summed E-state index contributed by atoms with van der Waals surface area (Å²) in [7, 11) is 0. The van der Waals surface area contributed by atoms with E-state index in [1.54, 1.807) is 0 Å². The summed E-state index contributed by atoms with van der Waals surface area (Å²) < 4.78 is 5.51. The fraction of sp³-hybridized carbons (Fsp3) is 0.435. The molecule has 0 N–H and O–H groups in total. The highest BCUT2D eigenvalue weighted by Gasteiger charge is 2.28. The smallest absolute Gasteiger partial charge is 0.410 e. The summed E-state index contributed by atoms with van der Waals surface area (Å²) in [6.45, 7) is 9.36. The number of carbonyl (C=O) groups is 1. The minimum absolute atomic E-state index is 0.191. The van der Waals surface area contributed by atoms with Gasteiger partial charge in [-0.1, -0.05) is 47.7 Å². The highest BCUT2D eigenvalue weighted by Crippen LogP contribution is 2.38. The first-order valence-electron chi connectivity index (χ1n) is 9.63. The molecule has 0 saturated carbocycles. The van der Waals surface area contributed by atoms with Gasteiger partial charge < -0.3 is 9.64 Å². The van der Waals surface area contributed by atoms with Gasteiger partial charge in [0.2, 0.25) is 0 Å². The largest absolute Gasteiger partial charge is 0.444 e. The molecule has 1 aliphatic rings. The average molecular weight is 384 g/mol. The van der Waals surface area contributed by atoms with Gasteiger partial charge in [-0.15, -0.1) is 0 Å². The zero-order chi connectivity index (χ0) is 19.4. The van der Waals surface area contributed by atoms with Crippen molar-refractivity contribution >= 4 is 17.9 Å². The van der Waals surface area contributed by atoms with Crippen LogP contribution in [0.4, 0.5) is 4.79 Å². The third-order valence-corrected chi connectivity index (χ3v) is 5.85. The van der Waals surface area contributed by atoms with E-state index in [0.29, 0.717) is 5.92 Å². The van der Waals surface area contributed by atoms with Gasteiger partial charge in [-0.3, -0.25) is 0 Å². The van der Waals surface area contributed by atoms with Crippen LogP contribution < -0.4 is 0 Å². The van der Waals surface area contributed by atoms with Crippen molar-refractivity contribution in [3.63, 3.8) is 0 Å². The van der Waals surface area contributed by atoms with E-state index >= 15 is 0 Å². The highest BCUT2D eigenvalue weighted by molar-refractivity contribution is 7.99. The molecule has 1 amide bonds. The summed E-state index contributed by atoms with van der Waals surface area (Å²) in [4.78, 5) is 16.7. The molecule has 0 bridgehead atoms. The number of nitrogens with zero attached hydrogens (tertiary/aromatic N) is 1. The van der Waals surface area contributed by atoms with Crippen LogP contribution in [-0.4, -0.2) is 29.7 Å². The van der Waals surface area contributed by atoms with Crippen molar-refractivity contribution in [3.8, 4) is 0 Å². The number of hydrogen-bond donors (Lipinski definition) is 0. The summed E-state index contributed by atoms with van der Waals surface area (Å²) in [5.41, 5.74) is 2.24. The van der Waals surface area contributed by atoms with E-state index in [4.69, 9.17) is 4.74 Å². The number of likely N-dealkylation sites (tertiary alicyclic amines) is 1. The second kappa shape index (κ2) is 8.39. The molecule has 0 atom stereocenters. The number of piperidine rings is 1. The molecule has 1 aliphatic heterocycles. The first-order valence-corrected chi connectivity index (χ1v) is 10.4. The molecule has 2 aromatic carbocycles. The molecule has 27 heavy (non-hydrogen) atoms. The van der Waals surface area contributed by atoms with E-state index in [1.165, 1.54) is 20.9 Å². The summed E-state index contributed by atoms with van der Waals surface area (Å²) in [5.74, 6) is 0.484. The standard InChI is InChI=1S/C23H29NO2S/c1-17-9-11-19(12-10-17)27-21-8-6-5-7-20(21)18-13-15-24(16-14-18)22(25)26-23(2,3)4/h5-12,18H,13-16H2,1-4H3. The maximum absolute atomic E-state index is 12.3. The topological polar surface area (TPSA) is 29.5 Å². The SMILES string of the molecule is Cc1ccc(Sc2ccccc2C2CCN(C(=O)OC(C)(C)C)CC2)cc1. The van der Waals surface area contributed by atoms with E-state index in [1.807, 2.05) is 37.4 Å². The number of ether oxygens (including phenoxy) is 1. The van der Waals surface area contributed by atoms with Crippen LogP contribution in [0.3, 0.4) is 0 Å². The lowest BCUT2D eigenvalue weighted by atomic mass is 9.89. The fourth-order valence-corrected chi connectivity index (χ4v) is 4.37. The van der Waals surface area contributed by atoms with Gasteiger partial charge in [-0.2, -0.15) is 0 Å². The lowest BCUT2D eigenvalue weighted by Crippen LogP contribution is -2.41. The maximum atomic E-state index is 12.3. The Hall–Kier alpha value is -1.94. The minimum Gasteiger partial charge on any atom is -0.444 e. The van der Waals surface area contributed by atoms with Gasteiger partial charge >= 0.3 is 6.09 Å². The van der Waals surface area contributed by atoms with Crippen LogP contribution in [0.1, 0.15) is 50.7 Å². The Morgan fingerprint density at radius 2 is 1.67 bits per heavy atom. The van der Waals surface area contributed by atoms with Crippen molar-refractivity contribution < 1.29 is 9.53 Å². The molecule has 144 valence electrons. The molecule has 0 aliphatic carbocycles. The maximum Gasteiger partial charge on any atom is 0.410 e. The molecule has 3 rings (SSSR count). The van der Waals surface area contributed by atoms with Crippen LogP contribution in [0.5, 0.6) is 0 Å². The molecular weight excluding hydrogens is 354 g/mol. The fourth-order valence-electron chi connectivity index (χ4n) is 3.34. The van der Waals surface area contributed by atoms with E-state index in [0.717, 1.165) is 25.9 Å². The Morgan fingerprint density at radius 1 is 1.04 bits per heavy atom. The van der Waals surface area contributed by atoms with Gasteiger partial charge in [0.25, 0.3) is 0 Å². The van der Waals surface area contributed by atoms with Crippen molar-refractivity contribution in [1.29, 1.82) is 0 Å². The van der Waals surface area contributed by atoms with Crippen molar-refractivity contribution in [1.82, 2.24) is 4.90 Å². The summed E-state index contributed by atoms with van der Waals surface area (Å²) in [6, 6.07) is 17.4. The molecule has 4 heteroatoms. The molecule has 0 unspecified atom stereocenters. The highest BCUT2D eigenvalue weighted by atomic mass is 32.2. The van der Waals surface area contributed by atoms with Gasteiger partial charge in [-0.05, 0) is 70.2 Å². The first kappa shape index (κ1) is 19.8. The van der Waals surface area contributed by atoms with Crippen LogP contribution >= 0.6 is 11.8 Å². The number of benzene rings is 2. The molecule has 0 radical (unpaired) electrons. The third kappa shape index (κ3) is 5.52. The van der Waals surface area contributed by atoms with Crippen LogP contribution in [0.2, 0.25) is 0 Å². The van der Waals surface area contributed by atoms with E-state index in [-0.39, 0.29) is 6.09 Å². The Balaban J connectivity index is 1.66. The number of amides is 1. The molecule has 2 aromatic rings. The Kier molecular flexibility index (Phi) is 6.15. The molecular formula is C23H29NO2S. The van der Waals surface area contributed by atoms with E-state index in [9.17, 15) is 4.79 Å². The number of rotatable bonds is 3. The van der Waals surface area contributed by atoms with Gasteiger partial charge in [0, 0.05) is 22.9 Å². The van der Waals surface area contributed by atoms with Crippen molar-refractivity contribution in [2.24, 2.45) is 0 Å². The number of carbonyl (C=O) groups excluding carboxylic acids is 1. The second-order valence-electron chi connectivity index (χ2n) is 8.19. The monoisotopic (exact) mass is 383 g/mol. The number of aryl methyl sites for hydroxylation is 1. The Bertz CT molecular complexity index is 772. The van der Waals surface area contributed by atoms with Crippen LogP contribution in [0.25, 0.3) is 0 Å². The van der Waals surface area contributed by atoms with Crippen LogP contribution in [0.15, 0.2) is 58.3 Å². The minimum atomic E-state index is -0.439. The molecule has 0 aromatic heterocycles. The van der Waals surface area contributed by atoms with Gasteiger partial charge in [0.05, 0.1) is 0 Å². The normalized spacial score (nSPS) is 15.6. The van der Waals surface area contributed by atoms with Crippen molar-refractivity contribution in [2.75, 3.05) is 13.1 Å². The summed E-state index contributed by atoms with van der Waals surface area (Å²) in [6.07, 6.45) is 1.76. The predicted octanol–water partition coefficient (Wildman–Crippen LogP) is 6.26. The van der Waals surface area contributed by atoms with E-state index in [2.05, 4.69) is 55.5 Å². The second-order valence-corrected chi connectivity index (χ2v) is 9.31. The van der Waals surface area contributed by atoms with Crippen LogP contribution in [0, 0.1) is 6.92 Å². The molecule has 1 fully saturated rings.